The Bertz CT molecular complexity index is 244. The summed E-state index contributed by atoms with van der Waals surface area (Å²) in [5, 5.41) is 12.2. The van der Waals surface area contributed by atoms with Gasteiger partial charge in [0.2, 0.25) is 5.91 Å². The van der Waals surface area contributed by atoms with Crippen molar-refractivity contribution in [2.45, 2.75) is 32.1 Å². The van der Waals surface area contributed by atoms with Crippen LogP contribution in [0.1, 0.15) is 32.1 Å². The average molecular weight is 240 g/mol. The van der Waals surface area contributed by atoms with Crippen molar-refractivity contribution < 1.29 is 9.90 Å². The van der Waals surface area contributed by atoms with Crippen LogP contribution >= 0.6 is 0 Å². The van der Waals surface area contributed by atoms with Crippen molar-refractivity contribution in [1.29, 1.82) is 0 Å². The molecule has 1 amide bonds. The quantitative estimate of drug-likeness (QED) is 0.760. The van der Waals surface area contributed by atoms with Crippen LogP contribution in [0.5, 0.6) is 0 Å². The molecule has 2 aliphatic rings. The van der Waals surface area contributed by atoms with Gasteiger partial charge in [0.15, 0.2) is 0 Å². The fourth-order valence-corrected chi connectivity index (χ4v) is 2.95. The van der Waals surface area contributed by atoms with E-state index in [-0.39, 0.29) is 12.5 Å². The summed E-state index contributed by atoms with van der Waals surface area (Å²) >= 11 is 0. The Balaban J connectivity index is 1.77. The molecule has 2 fully saturated rings. The van der Waals surface area contributed by atoms with Crippen molar-refractivity contribution in [2.75, 3.05) is 32.8 Å². The Morgan fingerprint density at radius 2 is 2.06 bits per heavy atom. The molecule has 0 radical (unpaired) electrons. The van der Waals surface area contributed by atoms with Crippen molar-refractivity contribution in [3.8, 4) is 0 Å². The zero-order valence-electron chi connectivity index (χ0n) is 10.5. The molecule has 0 unspecified atom stereocenters. The van der Waals surface area contributed by atoms with Crippen LogP contribution in [0, 0.1) is 11.8 Å². The third-order valence-electron chi connectivity index (χ3n) is 4.11. The van der Waals surface area contributed by atoms with E-state index in [1.165, 1.54) is 0 Å². The second-order valence-corrected chi connectivity index (χ2v) is 5.32. The summed E-state index contributed by atoms with van der Waals surface area (Å²) in [7, 11) is 0. The maximum absolute atomic E-state index is 12.3. The van der Waals surface area contributed by atoms with E-state index in [2.05, 4.69) is 5.32 Å². The number of hydrogen-bond acceptors (Lipinski definition) is 3. The van der Waals surface area contributed by atoms with E-state index >= 15 is 0 Å². The highest BCUT2D eigenvalue weighted by molar-refractivity contribution is 5.79. The highest BCUT2D eigenvalue weighted by Crippen LogP contribution is 2.22. The minimum absolute atomic E-state index is 0.207. The molecular formula is C13H24N2O2. The van der Waals surface area contributed by atoms with Crippen molar-refractivity contribution in [3.05, 3.63) is 0 Å². The van der Waals surface area contributed by atoms with Crippen LogP contribution in [0.15, 0.2) is 0 Å². The lowest BCUT2D eigenvalue weighted by atomic mass is 9.92. The van der Waals surface area contributed by atoms with Gasteiger partial charge in [-0.05, 0) is 44.6 Å². The number of piperidine rings is 2. The normalized spacial score (nSPS) is 27.1. The molecule has 2 N–H and O–H groups in total. The molecule has 0 spiro atoms. The Morgan fingerprint density at radius 1 is 1.29 bits per heavy atom. The first-order chi connectivity index (χ1) is 8.31. The Labute approximate surface area is 103 Å². The number of carbonyl (C=O) groups is 1. The zero-order chi connectivity index (χ0) is 12.1. The summed E-state index contributed by atoms with van der Waals surface area (Å²) in [6, 6.07) is 0. The average Bonchev–Trinajstić information content (AvgIpc) is 2.40. The molecule has 0 aromatic rings. The van der Waals surface area contributed by atoms with Crippen LogP contribution < -0.4 is 5.32 Å². The molecule has 0 aliphatic carbocycles. The van der Waals surface area contributed by atoms with Gasteiger partial charge in [0, 0.05) is 26.2 Å². The van der Waals surface area contributed by atoms with Gasteiger partial charge in [-0.15, -0.1) is 0 Å². The Kier molecular flexibility index (Phi) is 4.80. The predicted octanol–water partition coefficient (Wildman–Crippen LogP) is 0.607. The van der Waals surface area contributed by atoms with Crippen LogP contribution in [0.3, 0.4) is 0 Å². The zero-order valence-corrected chi connectivity index (χ0v) is 10.5. The Hall–Kier alpha value is -0.610. The first kappa shape index (κ1) is 12.8. The second kappa shape index (κ2) is 6.36. The van der Waals surface area contributed by atoms with Gasteiger partial charge in [0.25, 0.3) is 0 Å². The van der Waals surface area contributed by atoms with E-state index in [9.17, 15) is 4.79 Å². The van der Waals surface area contributed by atoms with E-state index in [1.54, 1.807) is 0 Å². The third-order valence-corrected chi connectivity index (χ3v) is 4.11. The van der Waals surface area contributed by atoms with E-state index in [0.717, 1.165) is 58.3 Å². The summed E-state index contributed by atoms with van der Waals surface area (Å²) < 4.78 is 0. The van der Waals surface area contributed by atoms with Crippen LogP contribution in [-0.4, -0.2) is 48.7 Å². The molecule has 98 valence electrons. The predicted molar refractivity (Wildman–Crippen MR) is 66.6 cm³/mol. The van der Waals surface area contributed by atoms with Crippen molar-refractivity contribution >= 4 is 5.91 Å². The smallest absolute Gasteiger partial charge is 0.226 e. The number of hydrogen-bond donors (Lipinski definition) is 2. The van der Waals surface area contributed by atoms with Gasteiger partial charge in [-0.2, -0.15) is 0 Å². The number of nitrogens with one attached hydrogen (secondary N) is 1. The summed E-state index contributed by atoms with van der Waals surface area (Å²) in [5.41, 5.74) is 0. The van der Waals surface area contributed by atoms with E-state index in [4.69, 9.17) is 5.11 Å². The molecule has 2 rings (SSSR count). The van der Waals surface area contributed by atoms with Gasteiger partial charge in [0.1, 0.15) is 0 Å². The van der Waals surface area contributed by atoms with E-state index in [0.29, 0.717) is 11.8 Å². The van der Waals surface area contributed by atoms with Crippen LogP contribution in [0.4, 0.5) is 0 Å². The lowest BCUT2D eigenvalue weighted by Gasteiger charge is -2.35. The van der Waals surface area contributed by atoms with Gasteiger partial charge in [-0.25, -0.2) is 0 Å². The summed E-state index contributed by atoms with van der Waals surface area (Å²) in [6.45, 7) is 3.98. The largest absolute Gasteiger partial charge is 0.396 e. The standard InChI is InChI=1S/C13H24N2O2/c16-9-5-11-3-7-15(8-4-11)13(17)12-2-1-6-14-10-12/h11-12,14,16H,1-10H2/t12-/m0/s1. The number of aliphatic hydroxyl groups is 1. The van der Waals surface area contributed by atoms with E-state index < -0.39 is 0 Å². The third kappa shape index (κ3) is 3.42. The molecule has 0 saturated carbocycles. The van der Waals surface area contributed by atoms with E-state index in [1.807, 2.05) is 4.90 Å². The summed E-state index contributed by atoms with van der Waals surface area (Å²) in [5.74, 6) is 1.17. The fraction of sp³-hybridized carbons (Fsp3) is 0.923. The van der Waals surface area contributed by atoms with Gasteiger partial charge in [-0.3, -0.25) is 4.79 Å². The molecule has 1 atom stereocenters. The monoisotopic (exact) mass is 240 g/mol. The highest BCUT2D eigenvalue weighted by atomic mass is 16.3. The SMILES string of the molecule is O=C([C@H]1CCCNC1)N1CCC(CCO)CC1. The maximum atomic E-state index is 12.3. The van der Waals surface area contributed by atoms with Gasteiger partial charge < -0.3 is 15.3 Å². The molecule has 0 bridgehead atoms. The second-order valence-electron chi connectivity index (χ2n) is 5.32. The number of likely N-dealkylation sites (tertiary alicyclic amines) is 1. The summed E-state index contributed by atoms with van der Waals surface area (Å²) in [4.78, 5) is 14.3. The molecule has 0 aromatic heterocycles. The lowest BCUT2D eigenvalue weighted by Crippen LogP contribution is -2.46. The number of rotatable bonds is 3. The van der Waals surface area contributed by atoms with Crippen LogP contribution in [0.2, 0.25) is 0 Å². The molecule has 4 nitrogen and oxygen atoms in total. The molecule has 4 heteroatoms. The minimum Gasteiger partial charge on any atom is -0.396 e. The van der Waals surface area contributed by atoms with Crippen molar-refractivity contribution in [3.63, 3.8) is 0 Å². The van der Waals surface area contributed by atoms with Crippen LogP contribution in [0.25, 0.3) is 0 Å². The van der Waals surface area contributed by atoms with Crippen molar-refractivity contribution in [1.82, 2.24) is 10.2 Å². The first-order valence-electron chi connectivity index (χ1n) is 6.91. The Morgan fingerprint density at radius 3 is 2.65 bits per heavy atom. The molecule has 2 aliphatic heterocycles. The molecule has 17 heavy (non-hydrogen) atoms. The topological polar surface area (TPSA) is 52.6 Å². The number of amides is 1. The van der Waals surface area contributed by atoms with Gasteiger partial charge in [-0.1, -0.05) is 0 Å². The maximum Gasteiger partial charge on any atom is 0.226 e. The number of carbonyl (C=O) groups excluding carboxylic acids is 1. The number of aliphatic hydroxyl groups excluding tert-OH is 1. The van der Waals surface area contributed by atoms with Crippen molar-refractivity contribution in [2.24, 2.45) is 11.8 Å². The van der Waals surface area contributed by atoms with Gasteiger partial charge in [0.05, 0.1) is 5.92 Å². The fourth-order valence-electron chi connectivity index (χ4n) is 2.95. The first-order valence-corrected chi connectivity index (χ1v) is 6.91. The molecule has 2 saturated heterocycles. The summed E-state index contributed by atoms with van der Waals surface area (Å²) in [6.07, 6.45) is 5.19. The minimum atomic E-state index is 0.207. The molecular weight excluding hydrogens is 216 g/mol. The lowest BCUT2D eigenvalue weighted by molar-refractivity contribution is -0.137. The number of nitrogens with zero attached hydrogens (tertiary/aromatic N) is 1. The molecule has 2 heterocycles. The van der Waals surface area contributed by atoms with Crippen LogP contribution in [-0.2, 0) is 4.79 Å². The van der Waals surface area contributed by atoms with Gasteiger partial charge >= 0.3 is 0 Å². The highest BCUT2D eigenvalue weighted by Gasteiger charge is 2.28. The molecule has 0 aromatic carbocycles.